The van der Waals surface area contributed by atoms with E-state index in [1.165, 1.54) is 5.06 Å². The highest BCUT2D eigenvalue weighted by Gasteiger charge is 2.38. The maximum atomic E-state index is 13.3. The molecule has 5 heterocycles. The molecule has 2 aromatic heterocycles. The van der Waals surface area contributed by atoms with Gasteiger partial charge in [0.15, 0.2) is 0 Å². The molecule has 0 bridgehead atoms. The van der Waals surface area contributed by atoms with Gasteiger partial charge < -0.3 is 14.5 Å². The average molecular weight is 454 g/mol. The molecule has 3 fully saturated rings. The summed E-state index contributed by atoms with van der Waals surface area (Å²) in [6, 6.07) is 1.79. The Labute approximate surface area is 193 Å². The molecule has 0 radical (unpaired) electrons. The van der Waals surface area contributed by atoms with E-state index in [-0.39, 0.29) is 24.0 Å². The number of amides is 1. The Kier molecular flexibility index (Phi) is 6.37. The molecule has 10 nitrogen and oxygen atoms in total. The molecule has 3 aliphatic heterocycles. The number of aromatic nitrogens is 4. The zero-order valence-corrected chi connectivity index (χ0v) is 19.3. The van der Waals surface area contributed by atoms with Gasteiger partial charge in [0.1, 0.15) is 11.9 Å². The number of ether oxygens (including phenoxy) is 1. The van der Waals surface area contributed by atoms with Crippen LogP contribution in [0.3, 0.4) is 0 Å². The maximum Gasteiger partial charge on any atom is 0.250 e. The van der Waals surface area contributed by atoms with Gasteiger partial charge in [-0.15, -0.1) is 0 Å². The topological polar surface area (TPSA) is 96.8 Å². The molecule has 0 N–H and O–H groups in total. The highest BCUT2D eigenvalue weighted by molar-refractivity contribution is 5.78. The number of carbonyl (C=O) groups is 1. The highest BCUT2D eigenvalue weighted by atomic mass is 16.7. The van der Waals surface area contributed by atoms with E-state index in [0.29, 0.717) is 6.61 Å². The van der Waals surface area contributed by atoms with Gasteiger partial charge in [-0.3, -0.25) is 19.6 Å². The van der Waals surface area contributed by atoms with Gasteiger partial charge in [0.05, 0.1) is 30.3 Å². The van der Waals surface area contributed by atoms with Crippen LogP contribution in [0.5, 0.6) is 0 Å². The number of hydroxylamine groups is 2. The summed E-state index contributed by atoms with van der Waals surface area (Å²) in [4.78, 5) is 41.5. The van der Waals surface area contributed by atoms with Crippen molar-refractivity contribution in [3.05, 3.63) is 36.0 Å². The van der Waals surface area contributed by atoms with Crippen molar-refractivity contribution in [2.24, 2.45) is 5.92 Å². The van der Waals surface area contributed by atoms with Crippen LogP contribution in [0.4, 0.5) is 11.8 Å². The Balaban J connectivity index is 1.20. The molecule has 5 rings (SSSR count). The Morgan fingerprint density at radius 3 is 2.61 bits per heavy atom. The molecular weight excluding hydrogens is 422 g/mol. The Hall–Kier alpha value is -2.85. The number of nitrogens with zero attached hydrogens (tertiary/aromatic N) is 7. The van der Waals surface area contributed by atoms with Crippen LogP contribution in [-0.2, 0) is 14.4 Å². The first-order chi connectivity index (χ1) is 16.1. The largest absolute Gasteiger partial charge is 0.380 e. The van der Waals surface area contributed by atoms with Crippen LogP contribution in [0, 0.1) is 12.8 Å². The third kappa shape index (κ3) is 4.63. The fourth-order valence-electron chi connectivity index (χ4n) is 4.83. The molecule has 0 unspecified atom stereocenters. The van der Waals surface area contributed by atoms with Gasteiger partial charge in [-0.05, 0) is 32.3 Å². The van der Waals surface area contributed by atoms with Gasteiger partial charge in [0.25, 0.3) is 0 Å². The Bertz CT molecular complexity index is 965. The predicted octanol–water partition coefficient (Wildman–Crippen LogP) is 1.92. The standard InChI is InChI=1S/C23H31N7O3/c1-16-13-26-19(14-25-16)20-7-12-33-30(20)22(31)17-4-9-28(10-5-17)23-24-8-3-21(27-23)29-11-6-18(15-29)32-2/h3,8,13-14,17-18,20H,4-7,9-12,15H2,1-2H3/t18-,20+/m1/s1. The molecule has 3 aliphatic rings. The zero-order valence-electron chi connectivity index (χ0n) is 19.3. The minimum Gasteiger partial charge on any atom is -0.380 e. The van der Waals surface area contributed by atoms with E-state index in [4.69, 9.17) is 14.6 Å². The second-order valence-electron chi connectivity index (χ2n) is 8.95. The number of methoxy groups -OCH3 is 1. The number of hydrogen-bond acceptors (Lipinski definition) is 9. The third-order valence-electron chi connectivity index (χ3n) is 6.82. The molecule has 0 aliphatic carbocycles. The first-order valence-corrected chi connectivity index (χ1v) is 11.7. The lowest BCUT2D eigenvalue weighted by Gasteiger charge is -2.34. The van der Waals surface area contributed by atoms with Crippen LogP contribution >= 0.6 is 0 Å². The second-order valence-corrected chi connectivity index (χ2v) is 8.95. The molecular formula is C23H31N7O3. The van der Waals surface area contributed by atoms with Crippen LogP contribution in [0.2, 0.25) is 0 Å². The maximum absolute atomic E-state index is 13.3. The summed E-state index contributed by atoms with van der Waals surface area (Å²) in [5, 5.41) is 1.54. The fraction of sp³-hybridized carbons (Fsp3) is 0.609. The van der Waals surface area contributed by atoms with E-state index in [9.17, 15) is 4.79 Å². The SMILES string of the molecule is CO[C@@H]1CCN(c2ccnc(N3CCC(C(=O)N4OCC[C@H]4c4cnc(C)cn4)CC3)n2)C1. The lowest BCUT2D eigenvalue weighted by atomic mass is 9.95. The fourth-order valence-corrected chi connectivity index (χ4v) is 4.83. The van der Waals surface area contributed by atoms with Gasteiger partial charge in [-0.2, -0.15) is 4.98 Å². The van der Waals surface area contributed by atoms with Crippen LogP contribution in [0.1, 0.15) is 43.1 Å². The zero-order chi connectivity index (χ0) is 22.8. The van der Waals surface area contributed by atoms with Crippen LogP contribution in [0.15, 0.2) is 24.7 Å². The lowest BCUT2D eigenvalue weighted by molar-refractivity contribution is -0.182. The molecule has 0 spiro atoms. The van der Waals surface area contributed by atoms with E-state index in [1.54, 1.807) is 19.5 Å². The number of aryl methyl sites for hydroxylation is 1. The van der Waals surface area contributed by atoms with Crippen molar-refractivity contribution in [2.45, 2.75) is 44.8 Å². The van der Waals surface area contributed by atoms with Crippen molar-refractivity contribution >= 4 is 17.7 Å². The monoisotopic (exact) mass is 453 g/mol. The number of rotatable bonds is 5. The van der Waals surface area contributed by atoms with Gasteiger partial charge in [-0.1, -0.05) is 0 Å². The summed E-state index contributed by atoms with van der Waals surface area (Å²) < 4.78 is 5.48. The molecule has 1 amide bonds. The normalized spacial score (nSPS) is 24.0. The second kappa shape index (κ2) is 9.56. The molecule has 10 heteroatoms. The third-order valence-corrected chi connectivity index (χ3v) is 6.82. The van der Waals surface area contributed by atoms with Crippen molar-refractivity contribution in [3.8, 4) is 0 Å². The number of anilines is 2. The molecule has 0 saturated carbocycles. The summed E-state index contributed by atoms with van der Waals surface area (Å²) in [5.41, 5.74) is 1.64. The first kappa shape index (κ1) is 22.0. The summed E-state index contributed by atoms with van der Waals surface area (Å²) in [6.45, 7) is 5.69. The molecule has 3 saturated heterocycles. The van der Waals surface area contributed by atoms with Gasteiger partial charge >= 0.3 is 0 Å². The van der Waals surface area contributed by atoms with Gasteiger partial charge in [0, 0.05) is 58.0 Å². The van der Waals surface area contributed by atoms with Gasteiger partial charge in [-0.25, -0.2) is 10.0 Å². The quantitative estimate of drug-likeness (QED) is 0.673. The molecule has 2 aromatic rings. The summed E-state index contributed by atoms with van der Waals surface area (Å²) >= 11 is 0. The van der Waals surface area contributed by atoms with Crippen molar-refractivity contribution in [1.82, 2.24) is 25.0 Å². The van der Waals surface area contributed by atoms with Crippen LogP contribution in [0.25, 0.3) is 0 Å². The van der Waals surface area contributed by atoms with E-state index < -0.39 is 0 Å². The summed E-state index contributed by atoms with van der Waals surface area (Å²) in [7, 11) is 1.76. The summed E-state index contributed by atoms with van der Waals surface area (Å²) in [5.74, 6) is 1.62. The summed E-state index contributed by atoms with van der Waals surface area (Å²) in [6.07, 6.45) is 8.80. The van der Waals surface area contributed by atoms with Crippen LogP contribution < -0.4 is 9.80 Å². The Morgan fingerprint density at radius 1 is 1.06 bits per heavy atom. The van der Waals surface area contributed by atoms with E-state index in [0.717, 1.165) is 75.0 Å². The van der Waals surface area contributed by atoms with Crippen molar-refractivity contribution < 1.29 is 14.4 Å². The minimum absolute atomic E-state index is 0.0388. The van der Waals surface area contributed by atoms with Crippen molar-refractivity contribution in [2.75, 3.05) is 49.7 Å². The highest BCUT2D eigenvalue weighted by Crippen LogP contribution is 2.33. The smallest absolute Gasteiger partial charge is 0.250 e. The van der Waals surface area contributed by atoms with E-state index >= 15 is 0 Å². The minimum atomic E-state index is -0.167. The molecule has 33 heavy (non-hydrogen) atoms. The van der Waals surface area contributed by atoms with E-state index in [2.05, 4.69) is 24.8 Å². The predicted molar refractivity (Wildman–Crippen MR) is 122 cm³/mol. The average Bonchev–Trinajstić information content (AvgIpc) is 3.54. The van der Waals surface area contributed by atoms with Crippen LogP contribution in [-0.4, -0.2) is 76.9 Å². The Morgan fingerprint density at radius 2 is 1.88 bits per heavy atom. The van der Waals surface area contributed by atoms with Crippen molar-refractivity contribution in [3.63, 3.8) is 0 Å². The van der Waals surface area contributed by atoms with Crippen molar-refractivity contribution in [1.29, 1.82) is 0 Å². The number of piperidine rings is 1. The lowest BCUT2D eigenvalue weighted by Crippen LogP contribution is -2.42. The molecule has 2 atom stereocenters. The number of carbonyl (C=O) groups excluding carboxylic acids is 1. The van der Waals surface area contributed by atoms with E-state index in [1.807, 2.05) is 19.2 Å². The molecule has 0 aromatic carbocycles. The number of hydrogen-bond donors (Lipinski definition) is 0. The van der Waals surface area contributed by atoms with Gasteiger partial charge in [0.2, 0.25) is 11.9 Å². The molecule has 176 valence electrons. The first-order valence-electron chi connectivity index (χ1n) is 11.7.